The van der Waals surface area contributed by atoms with Crippen molar-refractivity contribution >= 4 is 10.8 Å². The second-order valence-corrected chi connectivity index (χ2v) is 5.66. The van der Waals surface area contributed by atoms with Crippen molar-refractivity contribution < 1.29 is 13.8 Å². The van der Waals surface area contributed by atoms with Crippen LogP contribution in [0.4, 0.5) is 0 Å². The van der Waals surface area contributed by atoms with Crippen molar-refractivity contribution in [1.82, 2.24) is 4.31 Å². The predicted octanol–water partition coefficient (Wildman–Crippen LogP) is 3.45. The summed E-state index contributed by atoms with van der Waals surface area (Å²) in [6, 6.07) is 0. The quantitative estimate of drug-likeness (QED) is 0.793. The van der Waals surface area contributed by atoms with Crippen LogP contribution in [-0.2, 0) is 4.74 Å². The van der Waals surface area contributed by atoms with Gasteiger partial charge in [-0.05, 0) is 13.3 Å². The molecule has 0 aromatic heterocycles. The Bertz CT molecular complexity index is 173. The Morgan fingerprint density at radius 3 is 1.81 bits per heavy atom. The average molecular weight is 255 g/mol. The summed E-state index contributed by atoms with van der Waals surface area (Å²) in [6.45, 7) is 11.3. The zero-order valence-electron chi connectivity index (χ0n) is 11.8. The second kappa shape index (κ2) is 8.31. The lowest BCUT2D eigenvalue weighted by Gasteiger charge is -2.37. The third-order valence-electron chi connectivity index (χ3n) is 2.38. The van der Waals surface area contributed by atoms with Crippen LogP contribution in [0.3, 0.4) is 0 Å². The first-order chi connectivity index (χ1) is 7.37. The molecular weight excluding hydrogens is 226 g/mol. The van der Waals surface area contributed by atoms with Crippen LogP contribution in [-0.4, -0.2) is 45.5 Å². The lowest BCUT2D eigenvalue weighted by Crippen LogP contribution is -2.33. The summed E-state index contributed by atoms with van der Waals surface area (Å²) in [4.78, 5) is 0. The minimum atomic E-state index is -2.53. The molecule has 4 nitrogen and oxygen atoms in total. The fraction of sp³-hybridized carbons (Fsp3) is 1.00. The van der Waals surface area contributed by atoms with Crippen LogP contribution in [0.5, 0.6) is 0 Å². The molecule has 1 aliphatic heterocycles. The Kier molecular flexibility index (Phi) is 9.63. The number of nitrogens with zero attached hydrogens (tertiary/aromatic N) is 1. The van der Waals surface area contributed by atoms with Gasteiger partial charge in [0.15, 0.2) is 0 Å². The van der Waals surface area contributed by atoms with Gasteiger partial charge < -0.3 is 4.74 Å². The number of rotatable bonds is 2. The molecule has 1 fully saturated rings. The van der Waals surface area contributed by atoms with Crippen LogP contribution >= 0.6 is 10.8 Å². The van der Waals surface area contributed by atoms with Gasteiger partial charge in [-0.3, -0.25) is 9.11 Å². The minimum Gasteiger partial charge on any atom is -0.377 e. The Balaban J connectivity index is 0. The highest BCUT2D eigenvalue weighted by molar-refractivity contribution is 8.21. The van der Waals surface area contributed by atoms with E-state index in [1.807, 2.05) is 34.6 Å². The maximum absolute atomic E-state index is 9.35. The number of methoxy groups -OCH3 is 1. The van der Waals surface area contributed by atoms with Crippen molar-refractivity contribution in [3.63, 3.8) is 0 Å². The van der Waals surface area contributed by atoms with E-state index in [1.165, 1.54) is 6.26 Å². The molecule has 0 aliphatic carbocycles. The Morgan fingerprint density at radius 2 is 1.62 bits per heavy atom. The van der Waals surface area contributed by atoms with Crippen LogP contribution < -0.4 is 0 Å². The largest absolute Gasteiger partial charge is 0.377 e. The van der Waals surface area contributed by atoms with Crippen LogP contribution in [0.1, 0.15) is 41.0 Å². The summed E-state index contributed by atoms with van der Waals surface area (Å²) < 4.78 is 25.7. The molecule has 0 bridgehead atoms. The van der Waals surface area contributed by atoms with Crippen molar-refractivity contribution in [3.05, 3.63) is 0 Å². The van der Waals surface area contributed by atoms with Crippen LogP contribution in [0.2, 0.25) is 0 Å². The van der Waals surface area contributed by atoms with Crippen LogP contribution in [0.25, 0.3) is 0 Å². The molecule has 1 aliphatic rings. The molecule has 1 saturated heterocycles. The lowest BCUT2D eigenvalue weighted by molar-refractivity contribution is 0.0194. The number of hydrogen-bond acceptors (Lipinski definition) is 4. The van der Waals surface area contributed by atoms with Crippen molar-refractivity contribution in [1.29, 1.82) is 0 Å². The Morgan fingerprint density at radius 1 is 1.19 bits per heavy atom. The Hall–Kier alpha value is 0.190. The topological polar surface area (TPSA) is 52.9 Å². The standard InChI is InChI=1S/C7H17NO3S.2C2H6/c1-7(11-2)4-5-8(6-7)12(3,9)10;2*1-2/h9-10H,4-6H2,1-3H3;2*1-2H3. The minimum absolute atomic E-state index is 0.209. The normalized spacial score (nSPS) is 26.3. The maximum atomic E-state index is 9.35. The highest BCUT2D eigenvalue weighted by Gasteiger charge is 2.37. The van der Waals surface area contributed by atoms with Gasteiger partial charge in [0.25, 0.3) is 0 Å². The lowest BCUT2D eigenvalue weighted by atomic mass is 10.1. The number of ether oxygens (including phenoxy) is 1. The van der Waals surface area contributed by atoms with Crippen molar-refractivity contribution in [2.45, 2.75) is 46.6 Å². The van der Waals surface area contributed by atoms with Crippen LogP contribution in [0, 0.1) is 0 Å². The monoisotopic (exact) mass is 255 g/mol. The molecule has 2 N–H and O–H groups in total. The number of hydrogen-bond donors (Lipinski definition) is 2. The van der Waals surface area contributed by atoms with Gasteiger partial charge in [-0.2, -0.15) is 0 Å². The van der Waals surface area contributed by atoms with Gasteiger partial charge in [-0.25, -0.2) is 4.31 Å². The van der Waals surface area contributed by atoms with E-state index in [9.17, 15) is 9.11 Å². The molecular formula is C11H29NO3S. The van der Waals surface area contributed by atoms with E-state index in [0.29, 0.717) is 13.1 Å². The van der Waals surface area contributed by atoms with Crippen LogP contribution in [0.15, 0.2) is 0 Å². The zero-order valence-corrected chi connectivity index (χ0v) is 12.6. The van der Waals surface area contributed by atoms with E-state index in [2.05, 4.69) is 0 Å². The fourth-order valence-electron chi connectivity index (χ4n) is 1.35. The molecule has 0 amide bonds. The van der Waals surface area contributed by atoms with Crippen molar-refractivity contribution in [2.24, 2.45) is 0 Å². The highest BCUT2D eigenvalue weighted by atomic mass is 32.3. The summed E-state index contributed by atoms with van der Waals surface area (Å²) in [7, 11) is -0.873. The maximum Gasteiger partial charge on any atom is 0.0806 e. The predicted molar refractivity (Wildman–Crippen MR) is 73.1 cm³/mol. The summed E-state index contributed by atoms with van der Waals surface area (Å²) in [5.74, 6) is 0. The van der Waals surface area contributed by atoms with Gasteiger partial charge in [-0.1, -0.05) is 27.7 Å². The summed E-state index contributed by atoms with van der Waals surface area (Å²) in [5, 5.41) is 0. The van der Waals surface area contributed by atoms with Crippen molar-refractivity contribution in [3.8, 4) is 0 Å². The first kappa shape index (κ1) is 18.6. The van der Waals surface area contributed by atoms with Gasteiger partial charge in [0.2, 0.25) is 0 Å². The van der Waals surface area contributed by atoms with E-state index >= 15 is 0 Å². The third-order valence-corrected chi connectivity index (χ3v) is 3.67. The highest BCUT2D eigenvalue weighted by Crippen LogP contribution is 2.44. The summed E-state index contributed by atoms with van der Waals surface area (Å²) in [5.41, 5.74) is -0.209. The van der Waals surface area contributed by atoms with E-state index < -0.39 is 10.8 Å². The molecule has 1 unspecified atom stereocenters. The first-order valence-corrected chi connectivity index (χ1v) is 7.82. The van der Waals surface area contributed by atoms with Gasteiger partial charge in [0.1, 0.15) is 0 Å². The molecule has 1 rings (SSSR count). The molecule has 1 atom stereocenters. The SMILES string of the molecule is CC.CC.COC1(C)CCN(S(C)(O)O)C1. The first-order valence-electron chi connectivity index (χ1n) is 5.91. The van der Waals surface area contributed by atoms with Gasteiger partial charge in [-0.15, -0.1) is 10.8 Å². The second-order valence-electron chi connectivity index (χ2n) is 3.56. The summed E-state index contributed by atoms with van der Waals surface area (Å²) in [6.07, 6.45) is 2.31. The smallest absolute Gasteiger partial charge is 0.0806 e. The van der Waals surface area contributed by atoms with E-state index in [4.69, 9.17) is 4.74 Å². The van der Waals surface area contributed by atoms with E-state index in [-0.39, 0.29) is 5.60 Å². The zero-order chi connectivity index (χ0) is 13.4. The average Bonchev–Trinajstić information content (AvgIpc) is 2.68. The van der Waals surface area contributed by atoms with Gasteiger partial charge >= 0.3 is 0 Å². The Labute approximate surface area is 102 Å². The van der Waals surface area contributed by atoms with E-state index in [0.717, 1.165) is 6.42 Å². The molecule has 1 heterocycles. The molecule has 16 heavy (non-hydrogen) atoms. The molecule has 0 aromatic rings. The summed E-state index contributed by atoms with van der Waals surface area (Å²) >= 11 is 0. The molecule has 5 heteroatoms. The van der Waals surface area contributed by atoms with Gasteiger partial charge in [0, 0.05) is 26.5 Å². The van der Waals surface area contributed by atoms with Gasteiger partial charge in [0.05, 0.1) is 5.60 Å². The molecule has 0 saturated carbocycles. The molecule has 0 spiro atoms. The molecule has 102 valence electrons. The molecule has 0 radical (unpaired) electrons. The van der Waals surface area contributed by atoms with E-state index in [1.54, 1.807) is 11.4 Å². The third kappa shape index (κ3) is 6.06. The molecule has 0 aromatic carbocycles. The van der Waals surface area contributed by atoms with Crippen molar-refractivity contribution in [2.75, 3.05) is 26.5 Å². The fourth-order valence-corrected chi connectivity index (χ4v) is 2.31.